The molecule has 0 spiro atoms. The van der Waals surface area contributed by atoms with Crippen molar-refractivity contribution in [2.45, 2.75) is 12.8 Å². The van der Waals surface area contributed by atoms with Crippen LogP contribution >= 0.6 is 0 Å². The summed E-state index contributed by atoms with van der Waals surface area (Å²) >= 11 is 0. The Hall–Kier alpha value is -3.99. The summed E-state index contributed by atoms with van der Waals surface area (Å²) in [5.41, 5.74) is 1.22. The van der Waals surface area contributed by atoms with Gasteiger partial charge in [-0.05, 0) is 36.8 Å². The first kappa shape index (κ1) is 23.7. The predicted octanol–water partition coefficient (Wildman–Crippen LogP) is 2.58. The average Bonchev–Trinajstić information content (AvgIpc) is 3.24. The van der Waals surface area contributed by atoms with E-state index in [1.165, 1.54) is 19.2 Å². The monoisotopic (exact) mass is 456 g/mol. The zero-order valence-electron chi connectivity index (χ0n) is 18.0. The van der Waals surface area contributed by atoms with Gasteiger partial charge in [0.1, 0.15) is 0 Å². The third kappa shape index (κ3) is 6.26. The van der Waals surface area contributed by atoms with Gasteiger partial charge in [-0.1, -0.05) is 0 Å². The quantitative estimate of drug-likeness (QED) is 0.241. The normalized spacial score (nSPS) is 13.0. The Morgan fingerprint density at radius 3 is 2.58 bits per heavy atom. The first-order valence-electron chi connectivity index (χ1n) is 10.3. The molecule has 0 saturated carbocycles. The number of ether oxygens (including phenoxy) is 2. The number of hydrogen-bond acceptors (Lipinski definition) is 8. The first-order chi connectivity index (χ1) is 15.9. The van der Waals surface area contributed by atoms with E-state index in [4.69, 9.17) is 9.47 Å². The molecule has 0 bridgehead atoms. The van der Waals surface area contributed by atoms with Crippen LogP contribution in [0.4, 0.5) is 22.7 Å². The number of amides is 2. The highest BCUT2D eigenvalue weighted by Crippen LogP contribution is 2.24. The van der Waals surface area contributed by atoms with Crippen LogP contribution in [0.5, 0.6) is 0 Å². The Morgan fingerprint density at radius 1 is 1.18 bits per heavy atom. The van der Waals surface area contributed by atoms with Gasteiger partial charge in [0.05, 0.1) is 17.1 Å². The number of non-ortho nitro benzene ring substituents is 1. The van der Waals surface area contributed by atoms with Crippen LogP contribution in [0.2, 0.25) is 0 Å². The molecule has 2 aromatic carbocycles. The number of rotatable bonds is 10. The average molecular weight is 456 g/mol. The summed E-state index contributed by atoms with van der Waals surface area (Å²) in [6.45, 7) is 0.818. The molecule has 3 rings (SSSR count). The van der Waals surface area contributed by atoms with Crippen molar-refractivity contribution in [1.29, 1.82) is 0 Å². The summed E-state index contributed by atoms with van der Waals surface area (Å²) in [5.74, 6) is -1.39. The number of nitro groups is 1. The molecule has 11 heteroatoms. The van der Waals surface area contributed by atoms with Crippen LogP contribution in [-0.2, 0) is 19.1 Å². The van der Waals surface area contributed by atoms with Crippen LogP contribution in [0.25, 0.3) is 0 Å². The maximum atomic E-state index is 12.5. The van der Waals surface area contributed by atoms with Crippen LogP contribution < -0.4 is 15.5 Å². The minimum absolute atomic E-state index is 0.0623. The van der Waals surface area contributed by atoms with Crippen molar-refractivity contribution < 1.29 is 28.8 Å². The van der Waals surface area contributed by atoms with Gasteiger partial charge in [0.2, 0.25) is 5.91 Å². The second-order valence-electron chi connectivity index (χ2n) is 7.23. The highest BCUT2D eigenvalue weighted by molar-refractivity contribution is 5.99. The molecule has 33 heavy (non-hydrogen) atoms. The summed E-state index contributed by atoms with van der Waals surface area (Å²) in [6.07, 6.45) is 1.34. The standard InChI is InChI=1S/C22H24N4O7/c1-32-12-10-23-19-9-8-17(26(30)31)13-18(19)22(29)33-14-20(27)24-15-4-6-16(7-5-15)25-11-2-3-21(25)28/h4-9,13,23H,2-3,10-12,14H2,1H3,(H,24,27). The molecule has 0 aliphatic carbocycles. The molecule has 1 fully saturated rings. The lowest BCUT2D eigenvalue weighted by atomic mass is 10.1. The van der Waals surface area contributed by atoms with Crippen LogP contribution in [0.15, 0.2) is 42.5 Å². The summed E-state index contributed by atoms with van der Waals surface area (Å²) < 4.78 is 10.0. The Bertz CT molecular complexity index is 1040. The number of benzene rings is 2. The van der Waals surface area contributed by atoms with Gasteiger partial charge in [-0.15, -0.1) is 0 Å². The molecule has 1 aliphatic rings. The Labute approximate surface area is 189 Å². The number of carbonyl (C=O) groups excluding carboxylic acids is 3. The molecular weight excluding hydrogens is 432 g/mol. The number of nitro benzene ring substituents is 1. The molecule has 2 aromatic rings. The zero-order valence-corrected chi connectivity index (χ0v) is 18.0. The SMILES string of the molecule is COCCNc1ccc([N+](=O)[O-])cc1C(=O)OCC(=O)Nc1ccc(N2CCCC2=O)cc1. The van der Waals surface area contributed by atoms with Gasteiger partial charge >= 0.3 is 5.97 Å². The molecule has 0 atom stereocenters. The van der Waals surface area contributed by atoms with E-state index >= 15 is 0 Å². The highest BCUT2D eigenvalue weighted by Gasteiger charge is 2.22. The molecule has 2 amide bonds. The lowest BCUT2D eigenvalue weighted by Crippen LogP contribution is -2.24. The van der Waals surface area contributed by atoms with Crippen molar-refractivity contribution in [1.82, 2.24) is 0 Å². The van der Waals surface area contributed by atoms with Crippen molar-refractivity contribution in [2.24, 2.45) is 0 Å². The Morgan fingerprint density at radius 2 is 1.94 bits per heavy atom. The maximum Gasteiger partial charge on any atom is 0.341 e. The molecule has 1 heterocycles. The van der Waals surface area contributed by atoms with Crippen LogP contribution in [0.3, 0.4) is 0 Å². The van der Waals surface area contributed by atoms with Crippen molar-refractivity contribution in [3.63, 3.8) is 0 Å². The summed E-state index contributed by atoms with van der Waals surface area (Å²) in [5, 5.41) is 16.6. The molecule has 1 saturated heterocycles. The number of carbonyl (C=O) groups is 3. The first-order valence-corrected chi connectivity index (χ1v) is 10.3. The van der Waals surface area contributed by atoms with E-state index in [9.17, 15) is 24.5 Å². The number of methoxy groups -OCH3 is 1. The number of hydrogen-bond donors (Lipinski definition) is 2. The van der Waals surface area contributed by atoms with Crippen molar-refractivity contribution in [3.05, 3.63) is 58.1 Å². The number of nitrogens with one attached hydrogen (secondary N) is 2. The van der Waals surface area contributed by atoms with E-state index in [-0.39, 0.29) is 17.2 Å². The molecule has 0 radical (unpaired) electrons. The van der Waals surface area contributed by atoms with E-state index in [0.29, 0.717) is 37.5 Å². The zero-order chi connectivity index (χ0) is 23.8. The summed E-state index contributed by atoms with van der Waals surface area (Å²) in [6, 6.07) is 10.5. The van der Waals surface area contributed by atoms with Gasteiger partial charge in [-0.25, -0.2) is 4.79 Å². The second kappa shape index (κ2) is 11.0. The third-order valence-corrected chi connectivity index (χ3v) is 4.93. The summed E-state index contributed by atoms with van der Waals surface area (Å²) in [7, 11) is 1.52. The number of nitrogens with zero attached hydrogens (tertiary/aromatic N) is 2. The predicted molar refractivity (Wildman–Crippen MR) is 120 cm³/mol. The van der Waals surface area contributed by atoms with Gasteiger partial charge in [-0.3, -0.25) is 19.7 Å². The fourth-order valence-corrected chi connectivity index (χ4v) is 3.31. The van der Waals surface area contributed by atoms with Crippen LogP contribution in [-0.4, -0.2) is 56.1 Å². The van der Waals surface area contributed by atoms with E-state index in [1.54, 1.807) is 29.2 Å². The topological polar surface area (TPSA) is 140 Å². The Kier molecular flexibility index (Phi) is 7.92. The molecule has 11 nitrogen and oxygen atoms in total. The van der Waals surface area contributed by atoms with Crippen LogP contribution in [0.1, 0.15) is 23.2 Å². The fourth-order valence-electron chi connectivity index (χ4n) is 3.31. The lowest BCUT2D eigenvalue weighted by Gasteiger charge is -2.16. The minimum Gasteiger partial charge on any atom is -0.452 e. The molecule has 1 aliphatic heterocycles. The fraction of sp³-hybridized carbons (Fsp3) is 0.318. The van der Waals surface area contributed by atoms with Crippen molar-refractivity contribution in [3.8, 4) is 0 Å². The molecule has 2 N–H and O–H groups in total. The van der Waals surface area contributed by atoms with Gasteiger partial charge in [0.25, 0.3) is 11.6 Å². The lowest BCUT2D eigenvalue weighted by molar-refractivity contribution is -0.384. The maximum absolute atomic E-state index is 12.5. The van der Waals surface area contributed by atoms with Gasteiger partial charge in [-0.2, -0.15) is 0 Å². The van der Waals surface area contributed by atoms with Crippen LogP contribution in [0, 0.1) is 10.1 Å². The van der Waals surface area contributed by atoms with E-state index < -0.39 is 23.4 Å². The smallest absolute Gasteiger partial charge is 0.341 e. The second-order valence-corrected chi connectivity index (χ2v) is 7.23. The highest BCUT2D eigenvalue weighted by atomic mass is 16.6. The molecule has 0 aromatic heterocycles. The van der Waals surface area contributed by atoms with Gasteiger partial charge in [0.15, 0.2) is 6.61 Å². The molecule has 174 valence electrons. The molecule has 0 unspecified atom stereocenters. The number of esters is 1. The largest absolute Gasteiger partial charge is 0.452 e. The third-order valence-electron chi connectivity index (χ3n) is 4.93. The Balaban J connectivity index is 1.59. The summed E-state index contributed by atoms with van der Waals surface area (Å²) in [4.78, 5) is 48.7. The molecular formula is C22H24N4O7. The van der Waals surface area contributed by atoms with E-state index in [0.717, 1.165) is 18.2 Å². The van der Waals surface area contributed by atoms with E-state index in [2.05, 4.69) is 10.6 Å². The van der Waals surface area contributed by atoms with Crippen molar-refractivity contribution in [2.75, 3.05) is 48.9 Å². The van der Waals surface area contributed by atoms with E-state index in [1.807, 2.05) is 0 Å². The minimum atomic E-state index is -0.878. The van der Waals surface area contributed by atoms with Gasteiger partial charge < -0.3 is 25.0 Å². The van der Waals surface area contributed by atoms with Gasteiger partial charge in [0, 0.05) is 55.8 Å². The van der Waals surface area contributed by atoms with Crippen molar-refractivity contribution >= 4 is 40.5 Å². The number of anilines is 3.